The summed E-state index contributed by atoms with van der Waals surface area (Å²) in [4.78, 5) is 11.5. The molecule has 2 aliphatic rings. The van der Waals surface area contributed by atoms with Gasteiger partial charge in [0, 0.05) is 31.5 Å². The molecule has 1 spiro atoms. The summed E-state index contributed by atoms with van der Waals surface area (Å²) >= 11 is 6.49. The molecule has 32 heavy (non-hydrogen) atoms. The minimum Gasteiger partial charge on any atom is -0.482 e. The van der Waals surface area contributed by atoms with Gasteiger partial charge in [0.1, 0.15) is 11.4 Å². The monoisotopic (exact) mass is 439 g/mol. The molecular weight excluding hydrogens is 418 g/mol. The van der Waals surface area contributed by atoms with Gasteiger partial charge in [0.2, 0.25) is 0 Å². The Labute approximate surface area is 192 Å². The van der Waals surface area contributed by atoms with E-state index in [1.54, 1.807) is 0 Å². The first kappa shape index (κ1) is 19.3. The average Bonchev–Trinajstić information content (AvgIpc) is 2.84. The van der Waals surface area contributed by atoms with Gasteiger partial charge in [-0.1, -0.05) is 66.2 Å². The largest absolute Gasteiger partial charge is 0.482 e. The third-order valence-electron chi connectivity index (χ3n) is 6.42. The van der Waals surface area contributed by atoms with E-state index in [4.69, 9.17) is 21.3 Å². The number of para-hydroxylation sites is 2. The van der Waals surface area contributed by atoms with Gasteiger partial charge in [-0.25, -0.2) is 9.97 Å². The van der Waals surface area contributed by atoms with Gasteiger partial charge in [-0.2, -0.15) is 0 Å². The van der Waals surface area contributed by atoms with E-state index in [1.165, 1.54) is 11.1 Å². The fourth-order valence-corrected chi connectivity index (χ4v) is 4.87. The fourth-order valence-electron chi connectivity index (χ4n) is 4.61. The van der Waals surface area contributed by atoms with Gasteiger partial charge in [-0.05, 0) is 41.5 Å². The van der Waals surface area contributed by atoms with Crippen LogP contribution in [-0.4, -0.2) is 28.7 Å². The molecule has 0 N–H and O–H groups in total. The lowest BCUT2D eigenvalue weighted by Gasteiger charge is -2.42. The summed E-state index contributed by atoms with van der Waals surface area (Å²) in [5.74, 6) is 1.71. The van der Waals surface area contributed by atoms with Crippen LogP contribution in [0.2, 0.25) is 5.15 Å². The van der Waals surface area contributed by atoms with Crippen molar-refractivity contribution < 1.29 is 4.74 Å². The molecule has 0 bridgehead atoms. The number of ether oxygens (including phenoxy) is 1. The molecule has 5 heteroatoms. The van der Waals surface area contributed by atoms with Crippen LogP contribution < -0.4 is 9.64 Å². The number of hydrogen-bond donors (Lipinski definition) is 0. The molecule has 3 aromatic carbocycles. The van der Waals surface area contributed by atoms with Crippen LogP contribution in [0, 0.1) is 0 Å². The Balaban J connectivity index is 1.22. The van der Waals surface area contributed by atoms with E-state index >= 15 is 0 Å². The zero-order valence-electron chi connectivity index (χ0n) is 17.5. The fraction of sp³-hybridized carbons (Fsp3) is 0.185. The number of halogens is 1. The van der Waals surface area contributed by atoms with Crippen LogP contribution >= 0.6 is 11.6 Å². The lowest BCUT2D eigenvalue weighted by atomic mass is 9.87. The van der Waals surface area contributed by atoms with Gasteiger partial charge in [0.15, 0.2) is 11.0 Å². The van der Waals surface area contributed by atoms with Crippen molar-refractivity contribution in [3.63, 3.8) is 0 Å². The predicted molar refractivity (Wildman–Crippen MR) is 130 cm³/mol. The smallest absolute Gasteiger partial charge is 0.172 e. The Hall–Kier alpha value is -3.37. The molecule has 158 valence electrons. The molecule has 1 aromatic heterocycles. The van der Waals surface area contributed by atoms with Crippen molar-refractivity contribution in [2.45, 2.75) is 18.4 Å². The van der Waals surface area contributed by atoms with Crippen LogP contribution in [0.15, 0.2) is 78.9 Å². The van der Waals surface area contributed by atoms with Crippen LogP contribution in [0.3, 0.4) is 0 Å². The minimum atomic E-state index is -0.283. The second kappa shape index (κ2) is 7.64. The van der Waals surface area contributed by atoms with Gasteiger partial charge in [-0.15, -0.1) is 0 Å². The van der Waals surface area contributed by atoms with Gasteiger partial charge in [0.25, 0.3) is 0 Å². The first-order valence-electron chi connectivity index (χ1n) is 10.9. The second-order valence-corrected chi connectivity index (χ2v) is 8.79. The standard InChI is InChI=1S/C27H22ClN3O/c28-25-26(30-23-9-5-4-8-22(23)29-25)31-16-14-27(15-17-31)13-12-21-18-20(10-11-24(21)32-27)19-6-2-1-3-7-19/h1-13,18H,14-17H2. The molecule has 4 aromatic rings. The van der Waals surface area contributed by atoms with Crippen LogP contribution in [0.1, 0.15) is 18.4 Å². The van der Waals surface area contributed by atoms with Crippen molar-refractivity contribution in [2.24, 2.45) is 0 Å². The van der Waals surface area contributed by atoms with Crippen LogP contribution in [0.4, 0.5) is 5.82 Å². The molecule has 0 amide bonds. The Morgan fingerprint density at radius 1 is 0.812 bits per heavy atom. The summed E-state index contributed by atoms with van der Waals surface area (Å²) in [7, 11) is 0. The number of piperidine rings is 1. The molecule has 4 nitrogen and oxygen atoms in total. The molecule has 1 fully saturated rings. The molecule has 0 atom stereocenters. The lowest BCUT2D eigenvalue weighted by Crippen LogP contribution is -2.48. The maximum Gasteiger partial charge on any atom is 0.172 e. The molecule has 3 heterocycles. The zero-order valence-corrected chi connectivity index (χ0v) is 18.3. The van der Waals surface area contributed by atoms with Crippen LogP contribution in [0.5, 0.6) is 5.75 Å². The molecule has 0 radical (unpaired) electrons. The van der Waals surface area contributed by atoms with Crippen LogP contribution in [0.25, 0.3) is 28.2 Å². The van der Waals surface area contributed by atoms with Crippen molar-refractivity contribution in [1.29, 1.82) is 0 Å². The van der Waals surface area contributed by atoms with Gasteiger partial charge < -0.3 is 9.64 Å². The summed E-state index contributed by atoms with van der Waals surface area (Å²) in [5, 5.41) is 0.457. The quantitative estimate of drug-likeness (QED) is 0.362. The minimum absolute atomic E-state index is 0.283. The number of anilines is 1. The van der Waals surface area contributed by atoms with Crippen molar-refractivity contribution in [3.05, 3.63) is 89.6 Å². The number of rotatable bonds is 2. The summed E-state index contributed by atoms with van der Waals surface area (Å²) in [6.45, 7) is 1.63. The topological polar surface area (TPSA) is 38.2 Å². The number of benzene rings is 3. The Morgan fingerprint density at radius 2 is 1.53 bits per heavy atom. The molecule has 1 saturated heterocycles. The van der Waals surface area contributed by atoms with E-state index in [1.807, 2.05) is 30.3 Å². The first-order valence-corrected chi connectivity index (χ1v) is 11.3. The SMILES string of the molecule is Clc1nc2ccccc2nc1N1CCC2(C=Cc3cc(-c4ccccc4)ccc3O2)CC1. The highest BCUT2D eigenvalue weighted by molar-refractivity contribution is 6.32. The number of hydrogen-bond acceptors (Lipinski definition) is 4. The molecule has 2 aliphatic heterocycles. The maximum atomic E-state index is 6.55. The van der Waals surface area contributed by atoms with E-state index in [2.05, 4.69) is 64.5 Å². The predicted octanol–water partition coefficient (Wildman–Crippen LogP) is 6.40. The van der Waals surface area contributed by atoms with Crippen molar-refractivity contribution in [1.82, 2.24) is 9.97 Å². The van der Waals surface area contributed by atoms with Gasteiger partial charge >= 0.3 is 0 Å². The lowest BCUT2D eigenvalue weighted by molar-refractivity contribution is 0.0891. The normalized spacial score (nSPS) is 16.7. The molecule has 6 rings (SSSR count). The van der Waals surface area contributed by atoms with E-state index in [0.717, 1.165) is 54.1 Å². The zero-order chi connectivity index (χ0) is 21.5. The third-order valence-corrected chi connectivity index (χ3v) is 6.67. The molecule has 0 aliphatic carbocycles. The van der Waals surface area contributed by atoms with E-state index in [9.17, 15) is 0 Å². The summed E-state index contributed by atoms with van der Waals surface area (Å²) in [6.07, 6.45) is 6.18. The number of nitrogens with zero attached hydrogens (tertiary/aromatic N) is 3. The highest BCUT2D eigenvalue weighted by Crippen LogP contribution is 2.40. The third kappa shape index (κ3) is 3.41. The Kier molecular flexibility index (Phi) is 4.62. The van der Waals surface area contributed by atoms with Crippen molar-refractivity contribution >= 4 is 34.5 Å². The van der Waals surface area contributed by atoms with E-state index in [-0.39, 0.29) is 5.60 Å². The molecular formula is C27H22ClN3O. The maximum absolute atomic E-state index is 6.55. The molecule has 0 unspecified atom stereocenters. The summed E-state index contributed by atoms with van der Waals surface area (Å²) in [6, 6.07) is 24.7. The highest BCUT2D eigenvalue weighted by Gasteiger charge is 2.37. The first-order chi connectivity index (χ1) is 15.7. The van der Waals surface area contributed by atoms with E-state index in [0.29, 0.717) is 5.15 Å². The number of aromatic nitrogens is 2. The number of fused-ring (bicyclic) bond motifs is 2. The van der Waals surface area contributed by atoms with Crippen molar-refractivity contribution in [2.75, 3.05) is 18.0 Å². The summed E-state index contributed by atoms with van der Waals surface area (Å²) in [5.41, 5.74) is 4.94. The van der Waals surface area contributed by atoms with Crippen LogP contribution in [-0.2, 0) is 0 Å². The highest BCUT2D eigenvalue weighted by atomic mass is 35.5. The molecule has 0 saturated carbocycles. The summed E-state index contributed by atoms with van der Waals surface area (Å²) < 4.78 is 6.55. The Morgan fingerprint density at radius 3 is 2.31 bits per heavy atom. The van der Waals surface area contributed by atoms with E-state index < -0.39 is 0 Å². The second-order valence-electron chi connectivity index (χ2n) is 8.43. The Bertz CT molecular complexity index is 1330. The average molecular weight is 440 g/mol. The van der Waals surface area contributed by atoms with Gasteiger partial charge in [-0.3, -0.25) is 0 Å². The van der Waals surface area contributed by atoms with Crippen molar-refractivity contribution in [3.8, 4) is 16.9 Å². The van der Waals surface area contributed by atoms with Gasteiger partial charge in [0.05, 0.1) is 11.0 Å².